The Balaban J connectivity index is -0.000000106. The summed E-state index contributed by atoms with van der Waals surface area (Å²) in [5.74, 6) is -4.33. The third kappa shape index (κ3) is 65.8. The van der Waals surface area contributed by atoms with E-state index in [9.17, 15) is 0 Å². The molecular weight excluding hydrogens is 857 g/mol. The fraction of sp³-hybridized carbons (Fsp3) is 0.929. The first-order valence-corrected chi connectivity index (χ1v) is 28.0. The lowest BCUT2D eigenvalue weighted by molar-refractivity contribution is -0.928. The molecule has 0 heterocycles. The molecular formula is C56H124N4O8. The summed E-state index contributed by atoms with van der Waals surface area (Å²) in [7, 11) is 0. The van der Waals surface area contributed by atoms with Crippen LogP contribution in [-0.4, -0.2) is 147 Å². The predicted molar refractivity (Wildman–Crippen MR) is 286 cm³/mol. The van der Waals surface area contributed by atoms with Crippen LogP contribution in [0.1, 0.15) is 241 Å². The number of rotatable bonds is 32. The van der Waals surface area contributed by atoms with Crippen LogP contribution in [0.2, 0.25) is 0 Å². The summed E-state index contributed by atoms with van der Waals surface area (Å²) in [6, 6.07) is 0. The highest BCUT2D eigenvalue weighted by Gasteiger charge is 2.25. The number of hydrogen-bond acceptors (Lipinski definition) is 8. The van der Waals surface area contributed by atoms with E-state index in [4.69, 9.17) is 39.6 Å². The maximum atomic E-state index is 8.89. The van der Waals surface area contributed by atoms with E-state index in [-0.39, 0.29) is 0 Å². The molecule has 0 bridgehead atoms. The molecule has 12 nitrogen and oxygen atoms in total. The molecule has 0 amide bonds. The van der Waals surface area contributed by atoms with Gasteiger partial charge in [0.15, 0.2) is 0 Å². The monoisotopic (exact) mass is 981 g/mol. The van der Waals surface area contributed by atoms with Crippen molar-refractivity contribution in [2.24, 2.45) is 0 Å². The SMILES string of the molecule is CC(=O)[O-].CC(=O)[O-].CC(=O)[O-].CC(=O)[O-].CCC[N+](CCC)(CCC)CCC.CCC[N+](CCC)(CCC)CCC.CCC[N+](CCC)(CCC)CCC.CCC[N+](CCC)(CCC)CCC. The van der Waals surface area contributed by atoms with Crippen LogP contribution in [-0.2, 0) is 19.2 Å². The van der Waals surface area contributed by atoms with E-state index in [1.807, 2.05) is 0 Å². The van der Waals surface area contributed by atoms with Crippen LogP contribution in [0, 0.1) is 0 Å². The van der Waals surface area contributed by atoms with Gasteiger partial charge in [-0.25, -0.2) is 0 Å². The standard InChI is InChI=1S/4C12H28N.4C2H4O2/c4*1-5-9-13(10-6-2,11-7-3)12-8-4;4*1-2(3)4/h4*5-12H2,1-4H3;4*1H3,(H,3,4)/q4*+1;;;;/p-4. The van der Waals surface area contributed by atoms with Crippen molar-refractivity contribution in [2.45, 2.75) is 241 Å². The summed E-state index contributed by atoms with van der Waals surface area (Å²) in [4.78, 5) is 35.6. The lowest BCUT2D eigenvalue weighted by Gasteiger charge is -2.38. The van der Waals surface area contributed by atoms with Gasteiger partial charge in [-0.3, -0.25) is 0 Å². The molecule has 0 aromatic rings. The molecule has 0 aromatic heterocycles. The Hall–Kier alpha value is -2.28. The summed E-state index contributed by atoms with van der Waals surface area (Å²) in [6.07, 6.45) is 21.3. The minimum atomic E-state index is -1.08. The average molecular weight is 982 g/mol. The minimum absolute atomic E-state index is 0.972. The second-order valence-electron chi connectivity index (χ2n) is 18.9. The smallest absolute Gasteiger partial charge is 0.0783 e. The van der Waals surface area contributed by atoms with Gasteiger partial charge in [-0.1, -0.05) is 111 Å². The zero-order valence-corrected chi connectivity index (χ0v) is 49.7. The molecule has 416 valence electrons. The number of quaternary nitrogens is 4. The number of carbonyl (C=O) groups excluding carboxylic acids is 4. The first-order chi connectivity index (χ1) is 31.9. The first-order valence-electron chi connectivity index (χ1n) is 28.0. The number of carboxylic acids is 4. The number of nitrogens with zero attached hydrogens (tertiary/aromatic N) is 4. The summed E-state index contributed by atoms with van der Waals surface area (Å²) in [5, 5.41) is 35.6. The van der Waals surface area contributed by atoms with Gasteiger partial charge in [0.25, 0.3) is 0 Å². The summed E-state index contributed by atoms with van der Waals surface area (Å²) in [5.41, 5.74) is 0. The molecule has 0 aliphatic rings. The Bertz CT molecular complexity index is 750. The normalized spacial score (nSPS) is 10.6. The Morgan fingerprint density at radius 3 is 0.279 bits per heavy atom. The van der Waals surface area contributed by atoms with E-state index >= 15 is 0 Å². The second kappa shape index (κ2) is 60.8. The van der Waals surface area contributed by atoms with Crippen molar-refractivity contribution in [2.75, 3.05) is 105 Å². The van der Waals surface area contributed by atoms with Crippen molar-refractivity contribution in [3.8, 4) is 0 Å². The number of hydrogen-bond donors (Lipinski definition) is 0. The number of carbonyl (C=O) groups is 4. The molecule has 12 heteroatoms. The van der Waals surface area contributed by atoms with Gasteiger partial charge in [0.2, 0.25) is 0 Å². The fourth-order valence-electron chi connectivity index (χ4n) is 10.3. The number of aliphatic carboxylic acids is 4. The molecule has 0 radical (unpaired) electrons. The van der Waals surface area contributed by atoms with Gasteiger partial charge in [-0.15, -0.1) is 0 Å². The minimum Gasteiger partial charge on any atom is -0.550 e. The van der Waals surface area contributed by atoms with Crippen molar-refractivity contribution in [3.05, 3.63) is 0 Å². The third-order valence-corrected chi connectivity index (χ3v) is 11.2. The van der Waals surface area contributed by atoms with Crippen LogP contribution in [0.4, 0.5) is 0 Å². The second-order valence-corrected chi connectivity index (χ2v) is 18.9. The lowest BCUT2D eigenvalue weighted by atomic mass is 10.2. The van der Waals surface area contributed by atoms with Gasteiger partial charge in [-0.05, 0) is 130 Å². The molecule has 0 atom stereocenters. The van der Waals surface area contributed by atoms with Crippen molar-refractivity contribution in [1.29, 1.82) is 0 Å². The van der Waals surface area contributed by atoms with Crippen LogP contribution in [0.15, 0.2) is 0 Å². The fourth-order valence-corrected chi connectivity index (χ4v) is 10.3. The molecule has 0 fully saturated rings. The van der Waals surface area contributed by atoms with Gasteiger partial charge in [0.05, 0.1) is 105 Å². The van der Waals surface area contributed by atoms with Crippen molar-refractivity contribution < 1.29 is 57.5 Å². The molecule has 0 N–H and O–H groups in total. The zero-order valence-electron chi connectivity index (χ0n) is 49.7. The van der Waals surface area contributed by atoms with Crippen molar-refractivity contribution in [3.63, 3.8) is 0 Å². The van der Waals surface area contributed by atoms with Gasteiger partial charge in [0, 0.05) is 23.9 Å². The van der Waals surface area contributed by atoms with Crippen molar-refractivity contribution >= 4 is 23.9 Å². The molecule has 0 rings (SSSR count). The van der Waals surface area contributed by atoms with Crippen LogP contribution in [0.5, 0.6) is 0 Å². The molecule has 0 aliphatic carbocycles. The van der Waals surface area contributed by atoms with Gasteiger partial charge < -0.3 is 57.5 Å². The molecule has 0 aliphatic heterocycles. The summed E-state index contributed by atoms with van der Waals surface area (Å²) in [6.45, 7) is 63.1. The van der Waals surface area contributed by atoms with Gasteiger partial charge in [0.1, 0.15) is 0 Å². The van der Waals surface area contributed by atoms with Gasteiger partial charge in [-0.2, -0.15) is 0 Å². The van der Waals surface area contributed by atoms with Crippen LogP contribution in [0.25, 0.3) is 0 Å². The quantitative estimate of drug-likeness (QED) is 0.0605. The first kappa shape index (κ1) is 82.6. The molecule has 0 saturated heterocycles. The van der Waals surface area contributed by atoms with Gasteiger partial charge >= 0.3 is 0 Å². The highest BCUT2D eigenvalue weighted by molar-refractivity contribution is 5.61. The van der Waals surface area contributed by atoms with E-state index in [2.05, 4.69) is 111 Å². The van der Waals surface area contributed by atoms with E-state index in [0.717, 1.165) is 27.7 Å². The Morgan fingerprint density at radius 1 is 0.206 bits per heavy atom. The average Bonchev–Trinajstić information content (AvgIpc) is 3.20. The van der Waals surface area contributed by atoms with E-state index < -0.39 is 23.9 Å². The molecule has 0 unspecified atom stereocenters. The Kier molecular flexibility index (Phi) is 73.9. The largest absolute Gasteiger partial charge is 0.550 e. The summed E-state index contributed by atoms with van der Waals surface area (Å²) >= 11 is 0. The Labute approximate surface area is 426 Å². The number of carboxylic acid groups (broad SMARTS) is 4. The molecule has 0 aromatic carbocycles. The lowest BCUT2D eigenvalue weighted by Crippen LogP contribution is -2.50. The maximum absolute atomic E-state index is 8.89. The van der Waals surface area contributed by atoms with Crippen LogP contribution < -0.4 is 20.4 Å². The third-order valence-electron chi connectivity index (χ3n) is 11.2. The molecule has 0 saturated carbocycles. The predicted octanol–water partition coefficient (Wildman–Crippen LogP) is 8.80. The topological polar surface area (TPSA) is 161 Å². The summed E-state index contributed by atoms with van der Waals surface area (Å²) < 4.78 is 5.50. The highest BCUT2D eigenvalue weighted by Crippen LogP contribution is 2.15. The van der Waals surface area contributed by atoms with Crippen molar-refractivity contribution in [1.82, 2.24) is 0 Å². The molecule has 68 heavy (non-hydrogen) atoms. The van der Waals surface area contributed by atoms with E-state index in [1.54, 1.807) is 0 Å². The van der Waals surface area contributed by atoms with E-state index in [0.29, 0.717) is 0 Å². The zero-order chi connectivity index (χ0) is 54.9. The van der Waals surface area contributed by atoms with Crippen LogP contribution in [0.3, 0.4) is 0 Å². The maximum Gasteiger partial charge on any atom is 0.0783 e. The molecule has 0 spiro atoms. The Morgan fingerprint density at radius 2 is 0.250 bits per heavy atom. The highest BCUT2D eigenvalue weighted by atomic mass is 16.4. The van der Waals surface area contributed by atoms with E-state index in [1.165, 1.54) is 225 Å². The van der Waals surface area contributed by atoms with Crippen LogP contribution >= 0.6 is 0 Å².